The van der Waals surface area contributed by atoms with Gasteiger partial charge < -0.3 is 15.1 Å². The van der Waals surface area contributed by atoms with Crippen LogP contribution in [0.25, 0.3) is 0 Å². The third-order valence-corrected chi connectivity index (χ3v) is 7.04. The highest BCUT2D eigenvalue weighted by Crippen LogP contribution is 2.20. The van der Waals surface area contributed by atoms with Crippen LogP contribution >= 0.6 is 25.3 Å². The van der Waals surface area contributed by atoms with Crippen LogP contribution in [0, 0.1) is 16.7 Å². The highest BCUT2D eigenvalue weighted by Gasteiger charge is 2.22. The fraction of sp³-hybridized carbons (Fsp3) is 1.00. The topological polar surface area (TPSA) is 18.5 Å². The first-order valence-electron chi connectivity index (χ1n) is 10.0. The predicted molar refractivity (Wildman–Crippen MR) is 119 cm³/mol. The van der Waals surface area contributed by atoms with E-state index in [9.17, 15) is 0 Å². The average Bonchev–Trinajstić information content (AvgIpc) is 2.57. The van der Waals surface area contributed by atoms with E-state index in [1.807, 2.05) is 0 Å². The third kappa shape index (κ3) is 10.5. The zero-order valence-corrected chi connectivity index (χ0v) is 19.1. The van der Waals surface area contributed by atoms with E-state index in [-0.39, 0.29) is 10.8 Å². The SMILES string of the molecule is CC1CCN(CCN(CCNCC(C)(C)CS)CC(C)(C)CS)CC1. The lowest BCUT2D eigenvalue weighted by atomic mass is 9.95. The maximum Gasteiger partial charge on any atom is 0.0110 e. The maximum absolute atomic E-state index is 4.55. The molecule has 0 atom stereocenters. The zero-order chi connectivity index (χ0) is 18.9. The van der Waals surface area contributed by atoms with E-state index in [1.165, 1.54) is 39.0 Å². The van der Waals surface area contributed by atoms with Crippen LogP contribution in [0.4, 0.5) is 0 Å². The first-order chi connectivity index (χ1) is 11.7. The number of rotatable bonds is 12. The average molecular weight is 390 g/mol. The zero-order valence-electron chi connectivity index (χ0n) is 17.4. The van der Waals surface area contributed by atoms with Crippen molar-refractivity contribution in [1.29, 1.82) is 0 Å². The van der Waals surface area contributed by atoms with Gasteiger partial charge in [0.2, 0.25) is 0 Å². The van der Waals surface area contributed by atoms with Gasteiger partial charge in [-0.2, -0.15) is 25.3 Å². The van der Waals surface area contributed by atoms with E-state index >= 15 is 0 Å². The first kappa shape index (κ1) is 23.6. The standard InChI is InChI=1S/C20H43N3S2/c1-18-6-9-22(10-7-18)12-13-23(15-20(4,5)17-25)11-8-21-14-19(2,3)16-24/h18,21,24-25H,6-17H2,1-5H3. The molecule has 0 amide bonds. The Balaban J connectivity index is 2.40. The Morgan fingerprint density at radius 1 is 1.00 bits per heavy atom. The Hall–Kier alpha value is 0.580. The Labute approximate surface area is 168 Å². The summed E-state index contributed by atoms with van der Waals surface area (Å²) in [6, 6.07) is 0. The summed E-state index contributed by atoms with van der Waals surface area (Å²) in [5.74, 6) is 2.77. The fourth-order valence-corrected chi connectivity index (χ4v) is 3.43. The lowest BCUT2D eigenvalue weighted by Crippen LogP contribution is -2.45. The van der Waals surface area contributed by atoms with Gasteiger partial charge in [0.15, 0.2) is 0 Å². The van der Waals surface area contributed by atoms with E-state index < -0.39 is 0 Å². The highest BCUT2D eigenvalue weighted by atomic mass is 32.1. The number of nitrogens with one attached hydrogen (secondary N) is 1. The molecule has 0 spiro atoms. The first-order valence-corrected chi connectivity index (χ1v) is 11.3. The van der Waals surface area contributed by atoms with Crippen LogP contribution < -0.4 is 5.32 Å². The van der Waals surface area contributed by atoms with Gasteiger partial charge in [0, 0.05) is 39.3 Å². The quantitative estimate of drug-likeness (QED) is 0.351. The van der Waals surface area contributed by atoms with Gasteiger partial charge in [-0.15, -0.1) is 0 Å². The molecule has 5 heteroatoms. The van der Waals surface area contributed by atoms with Crippen LogP contribution in [0.3, 0.4) is 0 Å². The van der Waals surface area contributed by atoms with Crippen molar-refractivity contribution >= 4 is 25.3 Å². The lowest BCUT2D eigenvalue weighted by Gasteiger charge is -2.35. The molecule has 1 heterocycles. The van der Waals surface area contributed by atoms with Crippen molar-refractivity contribution in [2.24, 2.45) is 16.7 Å². The van der Waals surface area contributed by atoms with E-state index in [0.717, 1.165) is 43.6 Å². The van der Waals surface area contributed by atoms with Gasteiger partial charge >= 0.3 is 0 Å². The molecular weight excluding hydrogens is 346 g/mol. The van der Waals surface area contributed by atoms with Gasteiger partial charge in [-0.05, 0) is 54.2 Å². The monoisotopic (exact) mass is 389 g/mol. The number of likely N-dealkylation sites (tertiary alicyclic amines) is 1. The van der Waals surface area contributed by atoms with Crippen LogP contribution in [0.2, 0.25) is 0 Å². The molecule has 1 N–H and O–H groups in total. The molecule has 150 valence electrons. The lowest BCUT2D eigenvalue weighted by molar-refractivity contribution is 0.139. The molecule has 0 radical (unpaired) electrons. The minimum atomic E-state index is 0.267. The molecule has 25 heavy (non-hydrogen) atoms. The second kappa shape index (κ2) is 11.4. The molecule has 0 aromatic carbocycles. The third-order valence-electron chi connectivity index (χ3n) is 5.32. The number of hydrogen-bond acceptors (Lipinski definition) is 5. The maximum atomic E-state index is 4.55. The molecule has 0 saturated carbocycles. The van der Waals surface area contributed by atoms with E-state index in [1.54, 1.807) is 0 Å². The minimum Gasteiger partial charge on any atom is -0.315 e. The van der Waals surface area contributed by atoms with Crippen LogP contribution in [-0.2, 0) is 0 Å². The van der Waals surface area contributed by atoms with Gasteiger partial charge in [-0.1, -0.05) is 34.6 Å². The summed E-state index contributed by atoms with van der Waals surface area (Å²) in [5.41, 5.74) is 0.534. The normalized spacial score (nSPS) is 18.2. The molecular formula is C20H43N3S2. The number of piperidine rings is 1. The molecule has 3 nitrogen and oxygen atoms in total. The summed E-state index contributed by atoms with van der Waals surface area (Å²) < 4.78 is 0. The molecule has 0 bridgehead atoms. The van der Waals surface area contributed by atoms with E-state index in [4.69, 9.17) is 0 Å². The molecule has 0 aromatic heterocycles. The molecule has 1 rings (SSSR count). The smallest absolute Gasteiger partial charge is 0.0110 e. The highest BCUT2D eigenvalue weighted by molar-refractivity contribution is 7.80. The number of nitrogens with zero attached hydrogens (tertiary/aromatic N) is 2. The minimum absolute atomic E-state index is 0.267. The van der Waals surface area contributed by atoms with Crippen molar-refractivity contribution in [3.63, 3.8) is 0 Å². The summed E-state index contributed by atoms with van der Waals surface area (Å²) in [6.07, 6.45) is 2.73. The Kier molecular flexibility index (Phi) is 10.8. The molecule has 0 unspecified atom stereocenters. The Morgan fingerprint density at radius 2 is 1.60 bits per heavy atom. The molecule has 1 saturated heterocycles. The number of thiol groups is 2. The predicted octanol–water partition coefficient (Wildman–Crippen LogP) is 3.52. The van der Waals surface area contributed by atoms with Gasteiger partial charge in [0.25, 0.3) is 0 Å². The largest absolute Gasteiger partial charge is 0.315 e. The summed E-state index contributed by atoms with van der Waals surface area (Å²) in [6.45, 7) is 20.8. The summed E-state index contributed by atoms with van der Waals surface area (Å²) in [5, 5.41) is 3.63. The van der Waals surface area contributed by atoms with Crippen molar-refractivity contribution in [2.75, 3.05) is 63.9 Å². The molecule has 1 aliphatic rings. The molecule has 1 aliphatic heterocycles. The van der Waals surface area contributed by atoms with Crippen molar-refractivity contribution < 1.29 is 0 Å². The van der Waals surface area contributed by atoms with Gasteiger partial charge in [-0.3, -0.25) is 0 Å². The Morgan fingerprint density at radius 3 is 2.16 bits per heavy atom. The second-order valence-electron chi connectivity index (χ2n) is 9.62. The van der Waals surface area contributed by atoms with Crippen LogP contribution in [0.15, 0.2) is 0 Å². The van der Waals surface area contributed by atoms with Crippen molar-refractivity contribution in [3.8, 4) is 0 Å². The van der Waals surface area contributed by atoms with Crippen LogP contribution in [0.5, 0.6) is 0 Å². The van der Waals surface area contributed by atoms with Gasteiger partial charge in [0.05, 0.1) is 0 Å². The summed E-state index contributed by atoms with van der Waals surface area (Å²) in [7, 11) is 0. The van der Waals surface area contributed by atoms with Gasteiger partial charge in [-0.25, -0.2) is 0 Å². The van der Waals surface area contributed by atoms with Crippen molar-refractivity contribution in [3.05, 3.63) is 0 Å². The van der Waals surface area contributed by atoms with Crippen molar-refractivity contribution in [1.82, 2.24) is 15.1 Å². The molecule has 0 aromatic rings. The summed E-state index contributed by atoms with van der Waals surface area (Å²) >= 11 is 9.00. The molecule has 0 aliphatic carbocycles. The van der Waals surface area contributed by atoms with Crippen molar-refractivity contribution in [2.45, 2.75) is 47.5 Å². The second-order valence-corrected chi connectivity index (χ2v) is 10.3. The van der Waals surface area contributed by atoms with Gasteiger partial charge in [0.1, 0.15) is 0 Å². The van der Waals surface area contributed by atoms with Crippen LogP contribution in [-0.4, -0.2) is 73.7 Å². The van der Waals surface area contributed by atoms with E-state index in [2.05, 4.69) is 75.0 Å². The fourth-order valence-electron chi connectivity index (χ4n) is 3.21. The summed E-state index contributed by atoms with van der Waals surface area (Å²) in [4.78, 5) is 5.28. The van der Waals surface area contributed by atoms with Crippen LogP contribution in [0.1, 0.15) is 47.5 Å². The van der Waals surface area contributed by atoms with E-state index in [0.29, 0.717) is 0 Å². The number of hydrogen-bond donors (Lipinski definition) is 3. The Bertz CT molecular complexity index is 353. The molecule has 1 fully saturated rings.